The highest BCUT2D eigenvalue weighted by atomic mass is 16.5. The lowest BCUT2D eigenvalue weighted by molar-refractivity contribution is 0.0519. The number of nitrogens with one attached hydrogen (secondary N) is 1. The Morgan fingerprint density at radius 3 is 2.38 bits per heavy atom. The number of aryl methyl sites for hydroxylation is 1. The largest absolute Gasteiger partial charge is 0.461 e. The fraction of sp³-hybridized carbons (Fsp3) is 0.500. The summed E-state index contributed by atoms with van der Waals surface area (Å²) < 4.78 is 4.91. The molecule has 0 aliphatic carbocycles. The van der Waals surface area contributed by atoms with Gasteiger partial charge in [0.1, 0.15) is 5.69 Å². The average molecular weight is 223 g/mol. The van der Waals surface area contributed by atoms with Crippen molar-refractivity contribution in [2.75, 3.05) is 6.61 Å². The summed E-state index contributed by atoms with van der Waals surface area (Å²) >= 11 is 0. The third kappa shape index (κ3) is 2.15. The van der Waals surface area contributed by atoms with Crippen molar-refractivity contribution in [3.05, 3.63) is 22.5 Å². The molecule has 0 aromatic carbocycles. The van der Waals surface area contributed by atoms with Crippen molar-refractivity contribution >= 4 is 11.8 Å². The minimum absolute atomic E-state index is 0.0433. The number of aromatic nitrogens is 1. The summed E-state index contributed by atoms with van der Waals surface area (Å²) in [6, 6.07) is 0. The Balaban J connectivity index is 3.16. The predicted molar refractivity (Wildman–Crippen MR) is 60.8 cm³/mol. The molecule has 0 radical (unpaired) electrons. The number of esters is 1. The molecule has 1 aromatic heterocycles. The van der Waals surface area contributed by atoms with Gasteiger partial charge in [-0.1, -0.05) is 6.92 Å². The molecular weight excluding hydrogens is 206 g/mol. The maximum Gasteiger partial charge on any atom is 0.355 e. The van der Waals surface area contributed by atoms with E-state index in [2.05, 4.69) is 4.98 Å². The van der Waals surface area contributed by atoms with Crippen LogP contribution < -0.4 is 0 Å². The first-order valence-corrected chi connectivity index (χ1v) is 5.42. The zero-order valence-electron chi connectivity index (χ0n) is 10.1. The van der Waals surface area contributed by atoms with Crippen molar-refractivity contribution in [1.82, 2.24) is 4.98 Å². The number of carbonyl (C=O) groups is 2. The summed E-state index contributed by atoms with van der Waals surface area (Å²) in [7, 11) is 0. The lowest BCUT2D eigenvalue weighted by Gasteiger charge is -2.01. The Kier molecular flexibility index (Phi) is 3.88. The van der Waals surface area contributed by atoms with E-state index in [-0.39, 0.29) is 5.78 Å². The van der Waals surface area contributed by atoms with E-state index >= 15 is 0 Å². The summed E-state index contributed by atoms with van der Waals surface area (Å²) in [5.74, 6) is -0.361. The molecule has 88 valence electrons. The second-order valence-corrected chi connectivity index (χ2v) is 3.62. The van der Waals surface area contributed by atoms with Crippen LogP contribution in [0.3, 0.4) is 0 Å². The monoisotopic (exact) mass is 223 g/mol. The number of Topliss-reactive ketones (excluding diaryl/α,β-unsaturated/α-hetero) is 1. The van der Waals surface area contributed by atoms with Gasteiger partial charge in [-0.2, -0.15) is 0 Å². The highest BCUT2D eigenvalue weighted by Gasteiger charge is 2.21. The Morgan fingerprint density at radius 2 is 1.88 bits per heavy atom. The van der Waals surface area contributed by atoms with Crippen LogP contribution in [-0.4, -0.2) is 23.3 Å². The Hall–Kier alpha value is -1.58. The molecule has 0 aliphatic rings. The number of H-pyrrole nitrogens is 1. The lowest BCUT2D eigenvalue weighted by atomic mass is 10.0. The van der Waals surface area contributed by atoms with Gasteiger partial charge >= 0.3 is 5.97 Å². The minimum Gasteiger partial charge on any atom is -0.461 e. The molecule has 0 spiro atoms. The van der Waals surface area contributed by atoms with Gasteiger partial charge in [0.25, 0.3) is 0 Å². The van der Waals surface area contributed by atoms with Crippen LogP contribution in [0, 0.1) is 13.8 Å². The van der Waals surface area contributed by atoms with Gasteiger partial charge in [0.2, 0.25) is 0 Å². The Morgan fingerprint density at radius 1 is 1.25 bits per heavy atom. The maximum atomic E-state index is 11.7. The van der Waals surface area contributed by atoms with Gasteiger partial charge in [-0.3, -0.25) is 4.79 Å². The smallest absolute Gasteiger partial charge is 0.355 e. The van der Waals surface area contributed by atoms with Crippen LogP contribution in [0.2, 0.25) is 0 Å². The van der Waals surface area contributed by atoms with Gasteiger partial charge in [-0.05, 0) is 26.3 Å². The number of hydrogen-bond acceptors (Lipinski definition) is 3. The third-order valence-electron chi connectivity index (χ3n) is 2.52. The van der Waals surface area contributed by atoms with Crippen LogP contribution >= 0.6 is 0 Å². The van der Waals surface area contributed by atoms with Crippen molar-refractivity contribution in [3.8, 4) is 0 Å². The molecule has 0 saturated heterocycles. The van der Waals surface area contributed by atoms with Crippen molar-refractivity contribution in [3.63, 3.8) is 0 Å². The van der Waals surface area contributed by atoms with Crippen LogP contribution in [-0.2, 0) is 4.74 Å². The molecule has 1 rings (SSSR count). The van der Waals surface area contributed by atoms with Gasteiger partial charge in [0.05, 0.1) is 6.61 Å². The Bertz CT molecular complexity index is 418. The fourth-order valence-electron chi connectivity index (χ4n) is 1.75. The molecule has 0 amide bonds. The van der Waals surface area contributed by atoms with Crippen molar-refractivity contribution in [2.45, 2.75) is 34.1 Å². The minimum atomic E-state index is -0.404. The standard InChI is InChI=1S/C12H17NO3/c1-5-9(14)10-7(3)11(13-8(10)4)12(15)16-6-2/h13H,5-6H2,1-4H3. The van der Waals surface area contributed by atoms with E-state index in [1.807, 2.05) is 0 Å². The summed E-state index contributed by atoms with van der Waals surface area (Å²) in [5, 5.41) is 0. The van der Waals surface area contributed by atoms with Crippen molar-refractivity contribution in [1.29, 1.82) is 0 Å². The van der Waals surface area contributed by atoms with Gasteiger partial charge in [0.15, 0.2) is 5.78 Å². The molecule has 4 heteroatoms. The van der Waals surface area contributed by atoms with Gasteiger partial charge < -0.3 is 9.72 Å². The Labute approximate surface area is 95.0 Å². The molecule has 0 unspecified atom stereocenters. The van der Waals surface area contributed by atoms with Crippen LogP contribution in [0.15, 0.2) is 0 Å². The number of ether oxygens (including phenoxy) is 1. The second kappa shape index (κ2) is 4.96. The first-order valence-electron chi connectivity index (χ1n) is 5.42. The molecule has 0 saturated carbocycles. The molecule has 16 heavy (non-hydrogen) atoms. The van der Waals surface area contributed by atoms with E-state index in [1.165, 1.54) is 0 Å². The number of hydrogen-bond donors (Lipinski definition) is 1. The zero-order chi connectivity index (χ0) is 12.3. The van der Waals surface area contributed by atoms with Crippen molar-refractivity contribution < 1.29 is 14.3 Å². The molecular formula is C12H17NO3. The number of carbonyl (C=O) groups excluding carboxylic acids is 2. The third-order valence-corrected chi connectivity index (χ3v) is 2.52. The molecule has 0 atom stereocenters. The average Bonchev–Trinajstić information content (AvgIpc) is 2.54. The first-order chi connectivity index (χ1) is 7.52. The van der Waals surface area contributed by atoms with Crippen molar-refractivity contribution in [2.24, 2.45) is 0 Å². The second-order valence-electron chi connectivity index (χ2n) is 3.62. The normalized spacial score (nSPS) is 10.2. The number of ketones is 1. The zero-order valence-corrected chi connectivity index (χ0v) is 10.1. The topological polar surface area (TPSA) is 59.2 Å². The number of rotatable bonds is 4. The van der Waals surface area contributed by atoms with E-state index in [1.54, 1.807) is 27.7 Å². The quantitative estimate of drug-likeness (QED) is 0.629. The van der Waals surface area contributed by atoms with E-state index < -0.39 is 5.97 Å². The SMILES string of the molecule is CCOC(=O)c1[nH]c(C)c(C(=O)CC)c1C. The highest BCUT2D eigenvalue weighted by molar-refractivity contribution is 6.02. The summed E-state index contributed by atoms with van der Waals surface area (Å²) in [5.41, 5.74) is 2.41. The molecule has 0 aliphatic heterocycles. The van der Waals surface area contributed by atoms with E-state index in [9.17, 15) is 9.59 Å². The predicted octanol–water partition coefficient (Wildman–Crippen LogP) is 2.40. The molecule has 1 N–H and O–H groups in total. The van der Waals surface area contributed by atoms with E-state index in [0.29, 0.717) is 29.8 Å². The van der Waals surface area contributed by atoms with Crippen LogP contribution in [0.25, 0.3) is 0 Å². The summed E-state index contributed by atoms with van der Waals surface area (Å²) in [6.07, 6.45) is 0.432. The van der Waals surface area contributed by atoms with Crippen LogP contribution in [0.4, 0.5) is 0 Å². The van der Waals surface area contributed by atoms with Gasteiger partial charge in [-0.25, -0.2) is 4.79 Å². The van der Waals surface area contributed by atoms with Crippen LogP contribution in [0.5, 0.6) is 0 Å². The van der Waals surface area contributed by atoms with Gasteiger partial charge in [0, 0.05) is 17.7 Å². The summed E-state index contributed by atoms with van der Waals surface area (Å²) in [6.45, 7) is 7.43. The molecule has 1 heterocycles. The first kappa shape index (κ1) is 12.5. The van der Waals surface area contributed by atoms with Gasteiger partial charge in [-0.15, -0.1) is 0 Å². The molecule has 4 nitrogen and oxygen atoms in total. The van der Waals surface area contributed by atoms with E-state index in [0.717, 1.165) is 5.69 Å². The fourth-order valence-corrected chi connectivity index (χ4v) is 1.75. The highest BCUT2D eigenvalue weighted by Crippen LogP contribution is 2.20. The molecule has 1 aromatic rings. The van der Waals surface area contributed by atoms with Crippen LogP contribution in [0.1, 0.15) is 52.4 Å². The number of aromatic amines is 1. The summed E-state index contributed by atoms with van der Waals surface area (Å²) in [4.78, 5) is 26.2. The van der Waals surface area contributed by atoms with E-state index in [4.69, 9.17) is 4.74 Å². The maximum absolute atomic E-state index is 11.7. The lowest BCUT2D eigenvalue weighted by Crippen LogP contribution is -2.07. The molecule has 0 bridgehead atoms. The molecule has 0 fully saturated rings.